The van der Waals surface area contributed by atoms with Crippen molar-refractivity contribution in [2.24, 2.45) is 0 Å². The first-order valence-electron chi connectivity index (χ1n) is 8.47. The van der Waals surface area contributed by atoms with Crippen LogP contribution in [-0.4, -0.2) is 16.8 Å². The quantitative estimate of drug-likeness (QED) is 0.568. The Morgan fingerprint density at radius 3 is 2.57 bits per heavy atom. The highest BCUT2D eigenvalue weighted by Gasteiger charge is 2.15. The summed E-state index contributed by atoms with van der Waals surface area (Å²) >= 11 is 0. The van der Waals surface area contributed by atoms with Gasteiger partial charge in [0.2, 0.25) is 0 Å². The van der Waals surface area contributed by atoms with Crippen LogP contribution in [0.2, 0.25) is 0 Å². The number of carbonyl (C=O) groups excluding carboxylic acids is 1. The Balaban J connectivity index is 2.78. The molecule has 0 saturated heterocycles. The number of ketones is 1. The van der Waals surface area contributed by atoms with Crippen molar-refractivity contribution in [2.75, 3.05) is 5.32 Å². The summed E-state index contributed by atoms with van der Waals surface area (Å²) < 4.78 is 0. The Kier molecular flexibility index (Phi) is 8.72. The predicted octanol–water partition coefficient (Wildman–Crippen LogP) is 5.23. The maximum Gasteiger partial charge on any atom is 0.166 e. The van der Waals surface area contributed by atoms with Crippen molar-refractivity contribution in [1.82, 2.24) is 4.98 Å². The van der Waals surface area contributed by atoms with Gasteiger partial charge in [0, 0.05) is 18.7 Å². The van der Waals surface area contributed by atoms with Crippen molar-refractivity contribution < 1.29 is 4.79 Å². The number of pyridine rings is 1. The van der Waals surface area contributed by atoms with Gasteiger partial charge in [-0.25, -0.2) is 4.98 Å². The summed E-state index contributed by atoms with van der Waals surface area (Å²) in [6.07, 6.45) is 10.2. The van der Waals surface area contributed by atoms with Crippen molar-refractivity contribution in [3.05, 3.63) is 23.9 Å². The molecule has 1 aromatic heterocycles. The summed E-state index contributed by atoms with van der Waals surface area (Å²) in [6, 6.07) is 4.17. The molecule has 0 aliphatic heterocycles. The molecule has 1 N–H and O–H groups in total. The molecule has 1 atom stereocenters. The number of nitrogens with zero attached hydrogens (tertiary/aromatic N) is 1. The third-order valence-corrected chi connectivity index (χ3v) is 3.75. The number of rotatable bonds is 11. The summed E-state index contributed by atoms with van der Waals surface area (Å²) in [6.45, 7) is 6.52. The van der Waals surface area contributed by atoms with Crippen LogP contribution in [0.5, 0.6) is 0 Å². The van der Waals surface area contributed by atoms with Crippen molar-refractivity contribution in [3.8, 4) is 0 Å². The molecule has 118 valence electrons. The van der Waals surface area contributed by atoms with Gasteiger partial charge >= 0.3 is 0 Å². The number of hydrogen-bond acceptors (Lipinski definition) is 3. The number of nitrogens with one attached hydrogen (secondary N) is 1. The van der Waals surface area contributed by atoms with Gasteiger partial charge in [0.1, 0.15) is 5.82 Å². The van der Waals surface area contributed by atoms with E-state index in [-0.39, 0.29) is 5.78 Å². The van der Waals surface area contributed by atoms with Crippen molar-refractivity contribution in [2.45, 2.75) is 78.2 Å². The minimum absolute atomic E-state index is 0.207. The topological polar surface area (TPSA) is 42.0 Å². The summed E-state index contributed by atoms with van der Waals surface area (Å²) in [7, 11) is 0. The molecule has 1 unspecified atom stereocenters. The highest BCUT2D eigenvalue weighted by atomic mass is 16.1. The van der Waals surface area contributed by atoms with Crippen LogP contribution in [0.3, 0.4) is 0 Å². The van der Waals surface area contributed by atoms with E-state index in [9.17, 15) is 4.79 Å². The molecule has 21 heavy (non-hydrogen) atoms. The lowest BCUT2D eigenvalue weighted by molar-refractivity contribution is 0.0980. The van der Waals surface area contributed by atoms with E-state index in [1.807, 2.05) is 12.1 Å². The Bertz CT molecular complexity index is 417. The van der Waals surface area contributed by atoms with Gasteiger partial charge in [-0.3, -0.25) is 4.79 Å². The molecular weight excluding hydrogens is 260 g/mol. The van der Waals surface area contributed by atoms with E-state index in [0.717, 1.165) is 43.5 Å². The lowest BCUT2D eigenvalue weighted by Gasteiger charge is -2.20. The number of anilines is 1. The van der Waals surface area contributed by atoms with Gasteiger partial charge in [-0.05, 0) is 31.4 Å². The third kappa shape index (κ3) is 6.28. The summed E-state index contributed by atoms with van der Waals surface area (Å²) in [5, 5.41) is 3.51. The van der Waals surface area contributed by atoms with Crippen LogP contribution in [0.25, 0.3) is 0 Å². The molecule has 0 radical (unpaired) electrons. The van der Waals surface area contributed by atoms with E-state index in [0.29, 0.717) is 12.5 Å². The van der Waals surface area contributed by atoms with Crippen LogP contribution in [0.1, 0.15) is 82.5 Å². The summed E-state index contributed by atoms with van der Waals surface area (Å²) in [5.41, 5.74) is 0.753. The van der Waals surface area contributed by atoms with E-state index in [4.69, 9.17) is 0 Å². The standard InChI is InChI=1S/C18H30N2O/c1-4-7-11-15(10-6-3)20-18-16(12-9-14-19-18)17(21)13-8-5-2/h9,12,14-15H,4-8,10-11,13H2,1-3H3,(H,19,20). The fourth-order valence-electron chi connectivity index (χ4n) is 2.50. The van der Waals surface area contributed by atoms with Crippen LogP contribution < -0.4 is 5.32 Å². The molecule has 0 fully saturated rings. The van der Waals surface area contributed by atoms with Crippen LogP contribution in [0, 0.1) is 0 Å². The summed E-state index contributed by atoms with van der Waals surface area (Å²) in [5.74, 6) is 0.978. The largest absolute Gasteiger partial charge is 0.367 e. The van der Waals surface area contributed by atoms with Gasteiger partial charge in [-0.2, -0.15) is 0 Å². The first-order valence-corrected chi connectivity index (χ1v) is 8.47. The van der Waals surface area contributed by atoms with Gasteiger partial charge in [0.25, 0.3) is 0 Å². The average molecular weight is 290 g/mol. The number of aromatic nitrogens is 1. The zero-order chi connectivity index (χ0) is 15.5. The van der Waals surface area contributed by atoms with E-state index in [2.05, 4.69) is 31.1 Å². The molecule has 1 rings (SSSR count). The molecule has 0 aliphatic carbocycles. The van der Waals surface area contributed by atoms with Crippen molar-refractivity contribution >= 4 is 11.6 Å². The van der Waals surface area contributed by atoms with Crippen LogP contribution >= 0.6 is 0 Å². The fourth-order valence-corrected chi connectivity index (χ4v) is 2.50. The van der Waals surface area contributed by atoms with E-state index in [1.54, 1.807) is 6.20 Å². The van der Waals surface area contributed by atoms with Crippen LogP contribution in [-0.2, 0) is 0 Å². The van der Waals surface area contributed by atoms with Gasteiger partial charge in [0.15, 0.2) is 5.78 Å². The molecule has 0 amide bonds. The smallest absolute Gasteiger partial charge is 0.166 e. The zero-order valence-corrected chi connectivity index (χ0v) is 13.8. The van der Waals surface area contributed by atoms with E-state index >= 15 is 0 Å². The highest BCUT2D eigenvalue weighted by molar-refractivity contribution is 6.00. The van der Waals surface area contributed by atoms with Crippen LogP contribution in [0.15, 0.2) is 18.3 Å². The van der Waals surface area contributed by atoms with Gasteiger partial charge < -0.3 is 5.32 Å². The first kappa shape index (κ1) is 17.7. The van der Waals surface area contributed by atoms with E-state index in [1.165, 1.54) is 12.8 Å². The Morgan fingerprint density at radius 2 is 1.90 bits per heavy atom. The fraction of sp³-hybridized carbons (Fsp3) is 0.667. The number of unbranched alkanes of at least 4 members (excludes halogenated alkanes) is 2. The molecular formula is C18H30N2O. The monoisotopic (exact) mass is 290 g/mol. The molecule has 0 aliphatic rings. The van der Waals surface area contributed by atoms with E-state index < -0.39 is 0 Å². The maximum atomic E-state index is 12.3. The second-order valence-electron chi connectivity index (χ2n) is 5.70. The predicted molar refractivity (Wildman–Crippen MR) is 89.9 cm³/mol. The van der Waals surface area contributed by atoms with Gasteiger partial charge in [-0.15, -0.1) is 0 Å². The van der Waals surface area contributed by atoms with Crippen molar-refractivity contribution in [3.63, 3.8) is 0 Å². The molecule has 0 spiro atoms. The van der Waals surface area contributed by atoms with Gasteiger partial charge in [-0.1, -0.05) is 46.5 Å². The first-order chi connectivity index (χ1) is 10.2. The maximum absolute atomic E-state index is 12.3. The van der Waals surface area contributed by atoms with Gasteiger partial charge in [0.05, 0.1) is 5.56 Å². The average Bonchev–Trinajstić information content (AvgIpc) is 2.51. The minimum atomic E-state index is 0.207. The van der Waals surface area contributed by atoms with Crippen molar-refractivity contribution in [1.29, 1.82) is 0 Å². The lowest BCUT2D eigenvalue weighted by atomic mass is 10.0. The third-order valence-electron chi connectivity index (χ3n) is 3.75. The molecule has 0 saturated carbocycles. The molecule has 3 nitrogen and oxygen atoms in total. The summed E-state index contributed by atoms with van der Waals surface area (Å²) in [4.78, 5) is 16.7. The number of Topliss-reactive ketones (excluding diaryl/α,β-unsaturated/α-hetero) is 1. The van der Waals surface area contributed by atoms with Crippen LogP contribution in [0.4, 0.5) is 5.82 Å². The Labute approximate surface area is 129 Å². The minimum Gasteiger partial charge on any atom is -0.367 e. The molecule has 1 aromatic rings. The number of carbonyl (C=O) groups is 1. The normalized spacial score (nSPS) is 12.1. The highest BCUT2D eigenvalue weighted by Crippen LogP contribution is 2.19. The number of hydrogen-bond donors (Lipinski definition) is 1. The molecule has 0 aromatic carbocycles. The second kappa shape index (κ2) is 10.4. The lowest BCUT2D eigenvalue weighted by Crippen LogP contribution is -2.21. The second-order valence-corrected chi connectivity index (χ2v) is 5.70. The molecule has 3 heteroatoms. The zero-order valence-electron chi connectivity index (χ0n) is 13.8. The molecule has 1 heterocycles. The SMILES string of the molecule is CCCCC(=O)c1cccnc1NC(CCC)CCCC. The Hall–Kier alpha value is -1.38. The molecule has 0 bridgehead atoms. The Morgan fingerprint density at radius 1 is 1.14 bits per heavy atom.